The first-order valence-corrected chi connectivity index (χ1v) is 13.3. The van der Waals surface area contributed by atoms with Crippen molar-refractivity contribution < 1.29 is 18.7 Å². The molecule has 37 heavy (non-hydrogen) atoms. The van der Waals surface area contributed by atoms with Crippen LogP contribution in [0.5, 0.6) is 11.5 Å². The van der Waals surface area contributed by atoms with E-state index in [4.69, 9.17) is 13.9 Å². The summed E-state index contributed by atoms with van der Waals surface area (Å²) < 4.78 is 18.0. The number of unbranched alkanes of at least 4 members (excludes halogenated alkanes) is 2. The Labute approximate surface area is 218 Å². The van der Waals surface area contributed by atoms with Crippen LogP contribution in [0.1, 0.15) is 71.4 Å². The van der Waals surface area contributed by atoms with Gasteiger partial charge in [0.2, 0.25) is 10.9 Å². The Morgan fingerprint density at radius 3 is 2.57 bits per heavy atom. The highest BCUT2D eigenvalue weighted by atomic mass is 32.1. The molecule has 9 heteroatoms. The van der Waals surface area contributed by atoms with Crippen LogP contribution >= 0.6 is 11.3 Å². The molecule has 2 aromatic carbocycles. The summed E-state index contributed by atoms with van der Waals surface area (Å²) in [5.74, 6) is 0.795. The standard InChI is InChI=1S/C28H29N3O5S/c1-5-7-8-13-35-21-12-10-18(15-22(21)34-6-2)24-23-25(32)19-14-16(3)9-11-20(19)36-26(23)27(33)31(24)28-30-29-17(4)37-28/h9-12,14-15,24H,5-8,13H2,1-4H3. The van der Waals surface area contributed by atoms with Crippen LogP contribution < -0.4 is 19.8 Å². The molecule has 1 amide bonds. The van der Waals surface area contributed by atoms with E-state index in [1.165, 1.54) is 16.2 Å². The maximum atomic E-state index is 13.8. The fourth-order valence-electron chi connectivity index (χ4n) is 4.60. The molecule has 5 rings (SSSR count). The minimum atomic E-state index is -0.746. The maximum absolute atomic E-state index is 13.8. The number of nitrogens with zero attached hydrogens (tertiary/aromatic N) is 3. The number of aryl methyl sites for hydroxylation is 2. The molecule has 0 spiro atoms. The van der Waals surface area contributed by atoms with Crippen LogP contribution in [-0.2, 0) is 0 Å². The van der Waals surface area contributed by atoms with Crippen LogP contribution in [0.4, 0.5) is 5.13 Å². The van der Waals surface area contributed by atoms with Gasteiger partial charge in [-0.3, -0.25) is 14.5 Å². The van der Waals surface area contributed by atoms with Gasteiger partial charge in [-0.1, -0.05) is 48.8 Å². The predicted molar refractivity (Wildman–Crippen MR) is 143 cm³/mol. The van der Waals surface area contributed by atoms with Crippen LogP contribution in [0.25, 0.3) is 11.0 Å². The fraction of sp³-hybridized carbons (Fsp3) is 0.357. The van der Waals surface area contributed by atoms with E-state index < -0.39 is 11.9 Å². The zero-order valence-corrected chi connectivity index (χ0v) is 22.2. The van der Waals surface area contributed by atoms with Gasteiger partial charge in [0.05, 0.1) is 30.2 Å². The average Bonchev–Trinajstić information content (AvgIpc) is 3.44. The van der Waals surface area contributed by atoms with Crippen molar-refractivity contribution in [2.24, 2.45) is 0 Å². The number of hydrogen-bond donors (Lipinski definition) is 0. The van der Waals surface area contributed by atoms with Gasteiger partial charge in [0.25, 0.3) is 5.91 Å². The lowest BCUT2D eigenvalue weighted by Crippen LogP contribution is -2.29. The first-order valence-electron chi connectivity index (χ1n) is 12.5. The summed E-state index contributed by atoms with van der Waals surface area (Å²) in [4.78, 5) is 29.0. The second kappa shape index (κ2) is 10.3. The Kier molecular flexibility index (Phi) is 6.97. The van der Waals surface area contributed by atoms with E-state index in [-0.39, 0.29) is 16.8 Å². The van der Waals surface area contributed by atoms with E-state index in [0.717, 1.165) is 24.8 Å². The Morgan fingerprint density at radius 2 is 1.84 bits per heavy atom. The van der Waals surface area contributed by atoms with Crippen molar-refractivity contribution in [3.05, 3.63) is 74.1 Å². The molecule has 0 aliphatic carbocycles. The number of hydrogen-bond acceptors (Lipinski definition) is 8. The number of amides is 1. The highest BCUT2D eigenvalue weighted by Crippen LogP contribution is 2.44. The summed E-state index contributed by atoms with van der Waals surface area (Å²) in [6.45, 7) is 8.82. The second-order valence-corrected chi connectivity index (χ2v) is 10.2. The monoisotopic (exact) mass is 519 g/mol. The summed E-state index contributed by atoms with van der Waals surface area (Å²) in [6.07, 6.45) is 3.14. The molecular formula is C28H29N3O5S. The Hall–Kier alpha value is -3.72. The number of anilines is 1. The molecule has 0 N–H and O–H groups in total. The Balaban J connectivity index is 1.67. The largest absolute Gasteiger partial charge is 0.490 e. The molecule has 0 fully saturated rings. The van der Waals surface area contributed by atoms with Gasteiger partial charge in [-0.15, -0.1) is 10.2 Å². The minimum absolute atomic E-state index is 0.0251. The molecule has 1 unspecified atom stereocenters. The van der Waals surface area contributed by atoms with Crippen molar-refractivity contribution in [1.29, 1.82) is 0 Å². The third-order valence-corrected chi connectivity index (χ3v) is 7.17. The quantitative estimate of drug-likeness (QED) is 0.251. The van der Waals surface area contributed by atoms with E-state index in [9.17, 15) is 9.59 Å². The molecule has 1 atom stereocenters. The van der Waals surface area contributed by atoms with Crippen LogP contribution in [0.3, 0.4) is 0 Å². The van der Waals surface area contributed by atoms with Crippen molar-refractivity contribution in [3.63, 3.8) is 0 Å². The predicted octanol–water partition coefficient (Wildman–Crippen LogP) is 5.98. The number of fused-ring (bicyclic) bond motifs is 2. The highest BCUT2D eigenvalue weighted by Gasteiger charge is 2.45. The normalized spacial score (nSPS) is 14.9. The van der Waals surface area contributed by atoms with Crippen LogP contribution in [0.2, 0.25) is 0 Å². The van der Waals surface area contributed by atoms with Crippen LogP contribution in [0.15, 0.2) is 45.6 Å². The van der Waals surface area contributed by atoms with Gasteiger partial charge in [0, 0.05) is 0 Å². The van der Waals surface area contributed by atoms with E-state index in [2.05, 4.69) is 17.1 Å². The molecular weight excluding hydrogens is 490 g/mol. The lowest BCUT2D eigenvalue weighted by atomic mass is 9.98. The first kappa shape index (κ1) is 25.0. The summed E-state index contributed by atoms with van der Waals surface area (Å²) in [5, 5.41) is 9.88. The molecule has 192 valence electrons. The van der Waals surface area contributed by atoms with Crippen molar-refractivity contribution in [1.82, 2.24) is 10.2 Å². The molecule has 1 aliphatic rings. The first-order chi connectivity index (χ1) is 17.9. The number of carbonyl (C=O) groups is 1. The summed E-state index contributed by atoms with van der Waals surface area (Å²) >= 11 is 1.29. The molecule has 3 heterocycles. The zero-order valence-electron chi connectivity index (χ0n) is 21.4. The van der Waals surface area contributed by atoms with Crippen molar-refractivity contribution in [2.75, 3.05) is 18.1 Å². The van der Waals surface area contributed by atoms with Gasteiger partial charge in [-0.25, -0.2) is 0 Å². The molecule has 0 radical (unpaired) electrons. The van der Waals surface area contributed by atoms with Crippen molar-refractivity contribution in [2.45, 2.75) is 53.0 Å². The molecule has 1 aliphatic heterocycles. The molecule has 8 nitrogen and oxygen atoms in total. The second-order valence-electron chi connectivity index (χ2n) is 9.05. The van der Waals surface area contributed by atoms with E-state index >= 15 is 0 Å². The van der Waals surface area contributed by atoms with Gasteiger partial charge in [0.15, 0.2) is 16.9 Å². The Morgan fingerprint density at radius 1 is 1.00 bits per heavy atom. The maximum Gasteiger partial charge on any atom is 0.297 e. The van der Waals surface area contributed by atoms with Gasteiger partial charge >= 0.3 is 0 Å². The van der Waals surface area contributed by atoms with E-state index in [0.29, 0.717) is 51.4 Å². The number of carbonyl (C=O) groups excluding carboxylic acids is 1. The minimum Gasteiger partial charge on any atom is -0.490 e. The molecule has 4 aromatic rings. The number of rotatable bonds is 9. The smallest absolute Gasteiger partial charge is 0.297 e. The third-order valence-electron chi connectivity index (χ3n) is 6.34. The van der Waals surface area contributed by atoms with Crippen molar-refractivity contribution in [3.8, 4) is 11.5 Å². The zero-order chi connectivity index (χ0) is 26.1. The van der Waals surface area contributed by atoms with E-state index in [1.54, 1.807) is 12.1 Å². The molecule has 0 saturated carbocycles. The van der Waals surface area contributed by atoms with Crippen LogP contribution in [0, 0.1) is 13.8 Å². The Bertz CT molecular complexity index is 1530. The summed E-state index contributed by atoms with van der Waals surface area (Å²) in [6, 6.07) is 10.2. The third kappa shape index (κ3) is 4.59. The topological polar surface area (TPSA) is 94.8 Å². The van der Waals surface area contributed by atoms with Crippen molar-refractivity contribution >= 4 is 33.3 Å². The van der Waals surface area contributed by atoms with Crippen LogP contribution in [-0.4, -0.2) is 29.3 Å². The van der Waals surface area contributed by atoms with Gasteiger partial charge in [-0.05, 0) is 57.0 Å². The van der Waals surface area contributed by atoms with Gasteiger partial charge in [0.1, 0.15) is 10.6 Å². The lowest BCUT2D eigenvalue weighted by molar-refractivity contribution is 0.0970. The SMILES string of the molecule is CCCCCOc1ccc(C2c3c(oc4ccc(C)cc4c3=O)C(=O)N2c2nnc(C)s2)cc1OCC. The highest BCUT2D eigenvalue weighted by molar-refractivity contribution is 7.15. The summed E-state index contributed by atoms with van der Waals surface area (Å²) in [7, 11) is 0. The number of aromatic nitrogens is 2. The molecule has 0 bridgehead atoms. The number of benzene rings is 2. The lowest BCUT2D eigenvalue weighted by Gasteiger charge is -2.23. The molecule has 2 aromatic heterocycles. The fourth-order valence-corrected chi connectivity index (χ4v) is 5.31. The van der Waals surface area contributed by atoms with Gasteiger partial charge in [-0.2, -0.15) is 0 Å². The van der Waals surface area contributed by atoms with Gasteiger partial charge < -0.3 is 13.9 Å². The number of ether oxygens (including phenoxy) is 2. The summed E-state index contributed by atoms with van der Waals surface area (Å²) in [5.41, 5.74) is 2.06. The average molecular weight is 520 g/mol. The molecule has 0 saturated heterocycles. The van der Waals surface area contributed by atoms with E-state index in [1.807, 2.05) is 45.0 Å².